The Bertz CT molecular complexity index is 350. The first kappa shape index (κ1) is 11.5. The van der Waals surface area contributed by atoms with E-state index in [0.29, 0.717) is 6.61 Å². The van der Waals surface area contributed by atoms with Crippen LogP contribution in [0.2, 0.25) is 0 Å². The van der Waals surface area contributed by atoms with E-state index in [1.54, 1.807) is 0 Å². The van der Waals surface area contributed by atoms with E-state index < -0.39 is 17.3 Å². The van der Waals surface area contributed by atoms with Gasteiger partial charge in [-0.1, -0.05) is 19.4 Å². The molecule has 0 atom stereocenters. The molecule has 1 aromatic rings. The van der Waals surface area contributed by atoms with Gasteiger partial charge in [-0.15, -0.1) is 0 Å². The van der Waals surface area contributed by atoms with E-state index in [-0.39, 0.29) is 5.75 Å². The molecule has 15 heavy (non-hydrogen) atoms. The van der Waals surface area contributed by atoms with Crippen LogP contribution >= 0.6 is 0 Å². The number of hydrogen-bond acceptors (Lipinski definition) is 2. The fourth-order valence-electron chi connectivity index (χ4n) is 1.16. The number of carboxylic acids is 1. The summed E-state index contributed by atoms with van der Waals surface area (Å²) in [6, 6.07) is 4.00. The minimum absolute atomic E-state index is 0.0935. The summed E-state index contributed by atoms with van der Waals surface area (Å²) in [6.07, 6.45) is 1.76. The van der Waals surface area contributed by atoms with Gasteiger partial charge in [-0.3, -0.25) is 0 Å². The fourth-order valence-corrected chi connectivity index (χ4v) is 1.16. The standard InChI is InChI=1S/C11H13FO3/c1-2-3-7-15-9-6-4-5-8(12)10(9)11(13)14/h4-6H,2-3,7H2,1H3,(H,13,14). The second-order valence-electron chi connectivity index (χ2n) is 3.12. The Balaban J connectivity index is 2.86. The Labute approximate surface area is 87.5 Å². The molecule has 0 aromatic heterocycles. The lowest BCUT2D eigenvalue weighted by Gasteiger charge is -2.08. The van der Waals surface area contributed by atoms with E-state index in [2.05, 4.69) is 0 Å². The minimum atomic E-state index is -1.31. The molecular weight excluding hydrogens is 199 g/mol. The molecule has 0 saturated heterocycles. The molecule has 0 unspecified atom stereocenters. The van der Waals surface area contributed by atoms with Crippen LogP contribution in [-0.2, 0) is 0 Å². The van der Waals surface area contributed by atoms with E-state index in [1.807, 2.05) is 6.92 Å². The Kier molecular flexibility index (Phi) is 4.09. The number of carboxylic acid groups (broad SMARTS) is 1. The summed E-state index contributed by atoms with van der Waals surface area (Å²) in [5, 5.41) is 8.78. The number of ether oxygens (including phenoxy) is 1. The lowest BCUT2D eigenvalue weighted by atomic mass is 10.2. The lowest BCUT2D eigenvalue weighted by molar-refractivity contribution is 0.0687. The number of unbranched alkanes of at least 4 members (excludes halogenated alkanes) is 1. The largest absolute Gasteiger partial charge is 0.493 e. The molecular formula is C11H13FO3. The topological polar surface area (TPSA) is 46.5 Å². The maximum Gasteiger partial charge on any atom is 0.342 e. The van der Waals surface area contributed by atoms with Gasteiger partial charge in [0.05, 0.1) is 6.61 Å². The van der Waals surface area contributed by atoms with Crippen molar-refractivity contribution in [1.82, 2.24) is 0 Å². The second kappa shape index (κ2) is 5.34. The van der Waals surface area contributed by atoms with E-state index in [0.717, 1.165) is 18.9 Å². The van der Waals surface area contributed by atoms with Crippen molar-refractivity contribution in [2.24, 2.45) is 0 Å². The average Bonchev–Trinajstić information content (AvgIpc) is 2.17. The molecule has 0 heterocycles. The van der Waals surface area contributed by atoms with E-state index in [4.69, 9.17) is 9.84 Å². The summed E-state index contributed by atoms with van der Waals surface area (Å²) in [5.41, 5.74) is -0.395. The Morgan fingerprint density at radius 1 is 1.53 bits per heavy atom. The molecule has 1 aromatic carbocycles. The molecule has 0 spiro atoms. The van der Waals surface area contributed by atoms with Crippen molar-refractivity contribution in [3.63, 3.8) is 0 Å². The summed E-state index contributed by atoms with van der Waals surface area (Å²) in [7, 11) is 0. The van der Waals surface area contributed by atoms with Crippen LogP contribution < -0.4 is 4.74 Å². The molecule has 0 aliphatic heterocycles. The van der Waals surface area contributed by atoms with Crippen molar-refractivity contribution in [3.05, 3.63) is 29.6 Å². The van der Waals surface area contributed by atoms with Crippen molar-refractivity contribution in [3.8, 4) is 5.75 Å². The van der Waals surface area contributed by atoms with Crippen LogP contribution in [-0.4, -0.2) is 17.7 Å². The third kappa shape index (κ3) is 2.94. The Morgan fingerprint density at radius 2 is 2.27 bits per heavy atom. The van der Waals surface area contributed by atoms with Gasteiger partial charge >= 0.3 is 5.97 Å². The zero-order chi connectivity index (χ0) is 11.3. The third-order valence-electron chi connectivity index (χ3n) is 1.94. The van der Waals surface area contributed by atoms with Gasteiger partial charge in [0.15, 0.2) is 0 Å². The molecule has 3 nitrogen and oxygen atoms in total. The van der Waals surface area contributed by atoms with Crippen molar-refractivity contribution in [2.45, 2.75) is 19.8 Å². The molecule has 82 valence electrons. The number of carbonyl (C=O) groups is 1. The predicted molar refractivity (Wildman–Crippen MR) is 53.8 cm³/mol. The van der Waals surface area contributed by atoms with Crippen molar-refractivity contribution >= 4 is 5.97 Å². The van der Waals surface area contributed by atoms with Crippen LogP contribution in [0.15, 0.2) is 18.2 Å². The molecule has 1 rings (SSSR count). The first-order valence-electron chi connectivity index (χ1n) is 4.81. The van der Waals surface area contributed by atoms with Crippen LogP contribution in [0.25, 0.3) is 0 Å². The first-order chi connectivity index (χ1) is 7.16. The van der Waals surface area contributed by atoms with Gasteiger partial charge in [-0.25, -0.2) is 9.18 Å². The maximum atomic E-state index is 13.1. The van der Waals surface area contributed by atoms with Crippen LogP contribution in [0.3, 0.4) is 0 Å². The molecule has 1 N–H and O–H groups in total. The summed E-state index contributed by atoms with van der Waals surface area (Å²) >= 11 is 0. The summed E-state index contributed by atoms with van der Waals surface area (Å²) in [6.45, 7) is 2.40. The van der Waals surface area contributed by atoms with Gasteiger partial charge in [0.25, 0.3) is 0 Å². The molecule has 0 saturated carbocycles. The summed E-state index contributed by atoms with van der Waals surface area (Å²) < 4.78 is 18.3. The highest BCUT2D eigenvalue weighted by Gasteiger charge is 2.16. The van der Waals surface area contributed by atoms with E-state index in [1.165, 1.54) is 12.1 Å². The Hall–Kier alpha value is -1.58. The zero-order valence-corrected chi connectivity index (χ0v) is 8.50. The van der Waals surface area contributed by atoms with Crippen LogP contribution in [0.1, 0.15) is 30.1 Å². The molecule has 0 aliphatic carbocycles. The number of aromatic carboxylic acids is 1. The zero-order valence-electron chi connectivity index (χ0n) is 8.50. The number of benzene rings is 1. The maximum absolute atomic E-state index is 13.1. The number of halogens is 1. The highest BCUT2D eigenvalue weighted by atomic mass is 19.1. The molecule has 0 fully saturated rings. The van der Waals surface area contributed by atoms with Crippen LogP contribution in [0, 0.1) is 5.82 Å². The van der Waals surface area contributed by atoms with Crippen LogP contribution in [0.5, 0.6) is 5.75 Å². The number of rotatable bonds is 5. The lowest BCUT2D eigenvalue weighted by Crippen LogP contribution is -2.06. The van der Waals surface area contributed by atoms with Gasteiger partial charge in [0.1, 0.15) is 17.1 Å². The summed E-state index contributed by atoms with van der Waals surface area (Å²) in [5.74, 6) is -1.98. The van der Waals surface area contributed by atoms with Crippen molar-refractivity contribution in [2.75, 3.05) is 6.61 Å². The van der Waals surface area contributed by atoms with Gasteiger partial charge in [-0.05, 0) is 18.6 Å². The van der Waals surface area contributed by atoms with E-state index in [9.17, 15) is 9.18 Å². The third-order valence-corrected chi connectivity index (χ3v) is 1.94. The normalized spacial score (nSPS) is 10.0. The monoisotopic (exact) mass is 212 g/mol. The van der Waals surface area contributed by atoms with Crippen molar-refractivity contribution < 1.29 is 19.0 Å². The minimum Gasteiger partial charge on any atom is -0.493 e. The molecule has 0 aliphatic rings. The van der Waals surface area contributed by atoms with Gasteiger partial charge < -0.3 is 9.84 Å². The molecule has 0 radical (unpaired) electrons. The fraction of sp³-hybridized carbons (Fsp3) is 0.364. The summed E-state index contributed by atoms with van der Waals surface area (Å²) in [4.78, 5) is 10.8. The van der Waals surface area contributed by atoms with Gasteiger partial charge in [0.2, 0.25) is 0 Å². The Morgan fingerprint density at radius 3 is 2.87 bits per heavy atom. The molecule has 0 bridgehead atoms. The smallest absolute Gasteiger partial charge is 0.342 e. The highest BCUT2D eigenvalue weighted by molar-refractivity contribution is 5.91. The van der Waals surface area contributed by atoms with Gasteiger partial charge in [-0.2, -0.15) is 0 Å². The predicted octanol–water partition coefficient (Wildman–Crippen LogP) is 2.70. The van der Waals surface area contributed by atoms with E-state index >= 15 is 0 Å². The second-order valence-corrected chi connectivity index (χ2v) is 3.12. The molecule has 4 heteroatoms. The van der Waals surface area contributed by atoms with Crippen molar-refractivity contribution in [1.29, 1.82) is 0 Å². The molecule has 0 amide bonds. The van der Waals surface area contributed by atoms with Gasteiger partial charge in [0, 0.05) is 0 Å². The number of hydrogen-bond donors (Lipinski definition) is 1. The average molecular weight is 212 g/mol. The first-order valence-corrected chi connectivity index (χ1v) is 4.81. The highest BCUT2D eigenvalue weighted by Crippen LogP contribution is 2.21. The SMILES string of the molecule is CCCCOc1cccc(F)c1C(=O)O. The van der Waals surface area contributed by atoms with Crippen LogP contribution in [0.4, 0.5) is 4.39 Å². The quantitative estimate of drug-likeness (QED) is 0.763.